The maximum atomic E-state index is 12.8. The van der Waals surface area contributed by atoms with Crippen molar-refractivity contribution >= 4 is 5.97 Å². The molecular weight excluding hydrogens is 402 g/mol. The average Bonchev–Trinajstić information content (AvgIpc) is 2.61. The van der Waals surface area contributed by atoms with Crippen LogP contribution in [0.2, 0.25) is 0 Å². The van der Waals surface area contributed by atoms with E-state index in [1.54, 1.807) is 13.0 Å². The summed E-state index contributed by atoms with van der Waals surface area (Å²) >= 11 is 0. The van der Waals surface area contributed by atoms with Crippen LogP contribution in [0.4, 0.5) is 26.3 Å². The van der Waals surface area contributed by atoms with Crippen molar-refractivity contribution in [3.63, 3.8) is 0 Å². The molecule has 164 valence electrons. The average molecular weight is 426 g/mol. The summed E-state index contributed by atoms with van der Waals surface area (Å²) < 4.78 is 86.7. The normalized spacial score (nSPS) is 12.5. The van der Waals surface area contributed by atoms with Gasteiger partial charge < -0.3 is 9.47 Å². The predicted octanol–water partition coefficient (Wildman–Crippen LogP) is 6.31. The fourth-order valence-corrected chi connectivity index (χ4v) is 2.48. The fourth-order valence-electron chi connectivity index (χ4n) is 2.48. The summed E-state index contributed by atoms with van der Waals surface area (Å²) in [5, 5.41) is 0. The Hall–Kier alpha value is -2.03. The van der Waals surface area contributed by atoms with Crippen molar-refractivity contribution in [3.05, 3.63) is 47.0 Å². The molecule has 3 nitrogen and oxygen atoms in total. The molecule has 0 N–H and O–H groups in total. The molecule has 1 rings (SSSR count). The van der Waals surface area contributed by atoms with E-state index in [-0.39, 0.29) is 30.8 Å². The Morgan fingerprint density at radius 2 is 1.52 bits per heavy atom. The van der Waals surface area contributed by atoms with Crippen LogP contribution in [0.15, 0.2) is 30.4 Å². The molecule has 9 heteroatoms. The van der Waals surface area contributed by atoms with Gasteiger partial charge in [-0.2, -0.15) is 26.3 Å². The number of ether oxygens (including phenoxy) is 2. The second-order valence-corrected chi connectivity index (χ2v) is 6.32. The third kappa shape index (κ3) is 10.3. The number of unbranched alkanes of at least 4 members (excludes halogenated alkanes) is 4. The Kier molecular flexibility index (Phi) is 10.2. The highest BCUT2D eigenvalue weighted by Crippen LogP contribution is 2.36. The monoisotopic (exact) mass is 426 g/mol. The number of rotatable bonds is 11. The summed E-state index contributed by atoms with van der Waals surface area (Å²) in [5.41, 5.74) is -2.86. The van der Waals surface area contributed by atoms with Crippen molar-refractivity contribution in [2.24, 2.45) is 0 Å². The number of carbonyl (C=O) groups excluding carboxylic acids is 1. The molecule has 0 heterocycles. The number of benzene rings is 1. The number of hydrogen-bond donors (Lipinski definition) is 0. The zero-order valence-electron chi connectivity index (χ0n) is 16.0. The van der Waals surface area contributed by atoms with Crippen LogP contribution in [0, 0.1) is 0 Å². The van der Waals surface area contributed by atoms with Crippen LogP contribution >= 0.6 is 0 Å². The number of esters is 1. The molecule has 29 heavy (non-hydrogen) atoms. The highest BCUT2D eigenvalue weighted by atomic mass is 19.4. The highest BCUT2D eigenvalue weighted by Gasteiger charge is 2.36. The summed E-state index contributed by atoms with van der Waals surface area (Å²) in [5.74, 6) is -0.385. The number of halogens is 6. The van der Waals surface area contributed by atoms with Crippen LogP contribution in [0.5, 0.6) is 0 Å². The minimum absolute atomic E-state index is 0.0971. The molecule has 0 aliphatic rings. The summed E-state index contributed by atoms with van der Waals surface area (Å²) in [4.78, 5) is 11.1. The van der Waals surface area contributed by atoms with Gasteiger partial charge in [0, 0.05) is 12.7 Å². The lowest BCUT2D eigenvalue weighted by Crippen LogP contribution is -2.12. The summed E-state index contributed by atoms with van der Waals surface area (Å²) in [6.45, 7) is 1.95. The van der Waals surface area contributed by atoms with Crippen molar-refractivity contribution in [2.45, 2.75) is 58.0 Å². The molecule has 0 aliphatic heterocycles. The first-order valence-electron chi connectivity index (χ1n) is 9.23. The van der Waals surface area contributed by atoms with Crippen LogP contribution in [0.25, 0.3) is 0 Å². The Morgan fingerprint density at radius 3 is 2.07 bits per heavy atom. The van der Waals surface area contributed by atoms with Gasteiger partial charge in [0.25, 0.3) is 0 Å². The largest absolute Gasteiger partial charge is 0.463 e. The summed E-state index contributed by atoms with van der Waals surface area (Å²) in [7, 11) is 0. The number of alkyl halides is 6. The van der Waals surface area contributed by atoms with Gasteiger partial charge in [0.2, 0.25) is 0 Å². The van der Waals surface area contributed by atoms with Gasteiger partial charge in [-0.15, -0.1) is 0 Å². The molecule has 0 fully saturated rings. The second-order valence-electron chi connectivity index (χ2n) is 6.32. The molecule has 1 aromatic rings. The van der Waals surface area contributed by atoms with Crippen molar-refractivity contribution in [2.75, 3.05) is 13.2 Å². The van der Waals surface area contributed by atoms with Gasteiger partial charge in [-0.25, -0.2) is 4.79 Å². The molecule has 0 bridgehead atoms. The van der Waals surface area contributed by atoms with Crippen molar-refractivity contribution < 1.29 is 40.6 Å². The minimum atomic E-state index is -4.86. The van der Waals surface area contributed by atoms with Gasteiger partial charge in [0.05, 0.1) is 24.3 Å². The van der Waals surface area contributed by atoms with E-state index in [4.69, 9.17) is 9.47 Å². The minimum Gasteiger partial charge on any atom is -0.463 e. The predicted molar refractivity (Wildman–Crippen MR) is 95.0 cm³/mol. The zero-order chi connectivity index (χ0) is 21.9. The van der Waals surface area contributed by atoms with E-state index >= 15 is 0 Å². The molecule has 0 amide bonds. The molecule has 0 unspecified atom stereocenters. The molecule has 0 aromatic heterocycles. The molecule has 0 saturated heterocycles. The standard InChI is InChI=1S/C20H24F6O3/c1-2-29-18(27)9-7-5-3-4-6-8-10-28-14-15-11-16(19(21,22)23)13-17(12-15)20(24,25)26/h7,9,11-13H,2-6,8,10,14H2,1H3. The quantitative estimate of drug-likeness (QED) is 0.180. The SMILES string of the molecule is CCOC(=O)C=CCCCCCCOCc1cc(C(F)(F)F)cc(C(F)(F)F)c1. The molecule has 1 aromatic carbocycles. The third-order valence-electron chi connectivity index (χ3n) is 3.87. The summed E-state index contributed by atoms with van der Waals surface area (Å²) in [6.07, 6.45) is -2.79. The zero-order valence-corrected chi connectivity index (χ0v) is 16.0. The van der Waals surface area contributed by atoms with Crippen LogP contribution in [-0.2, 0) is 33.2 Å². The number of carbonyl (C=O) groups is 1. The van der Waals surface area contributed by atoms with Crippen LogP contribution in [0.1, 0.15) is 55.7 Å². The first-order valence-corrected chi connectivity index (χ1v) is 9.23. The van der Waals surface area contributed by atoms with E-state index in [0.29, 0.717) is 31.6 Å². The van der Waals surface area contributed by atoms with Crippen molar-refractivity contribution in [1.82, 2.24) is 0 Å². The van der Waals surface area contributed by atoms with Crippen molar-refractivity contribution in [1.29, 1.82) is 0 Å². The van der Waals surface area contributed by atoms with E-state index in [0.717, 1.165) is 19.3 Å². The molecule has 0 radical (unpaired) electrons. The van der Waals surface area contributed by atoms with Gasteiger partial charge in [0.15, 0.2) is 0 Å². The van der Waals surface area contributed by atoms with Gasteiger partial charge in [-0.1, -0.05) is 18.9 Å². The van der Waals surface area contributed by atoms with Crippen molar-refractivity contribution in [3.8, 4) is 0 Å². The number of allylic oxidation sites excluding steroid dienone is 1. The van der Waals surface area contributed by atoms with E-state index < -0.39 is 23.5 Å². The van der Waals surface area contributed by atoms with E-state index in [1.165, 1.54) is 6.08 Å². The van der Waals surface area contributed by atoms with E-state index in [9.17, 15) is 31.1 Å². The lowest BCUT2D eigenvalue weighted by atomic mass is 10.1. The maximum Gasteiger partial charge on any atom is 0.416 e. The Balaban J connectivity index is 2.35. The Bertz CT molecular complexity index is 633. The highest BCUT2D eigenvalue weighted by molar-refractivity contribution is 5.81. The van der Waals surface area contributed by atoms with E-state index in [1.807, 2.05) is 0 Å². The van der Waals surface area contributed by atoms with Gasteiger partial charge in [-0.3, -0.25) is 0 Å². The lowest BCUT2D eigenvalue weighted by Gasteiger charge is -2.14. The van der Waals surface area contributed by atoms with Gasteiger partial charge in [0.1, 0.15) is 0 Å². The smallest absolute Gasteiger partial charge is 0.416 e. The van der Waals surface area contributed by atoms with Crippen LogP contribution in [0.3, 0.4) is 0 Å². The third-order valence-corrected chi connectivity index (χ3v) is 3.87. The lowest BCUT2D eigenvalue weighted by molar-refractivity contribution is -0.143. The van der Waals surface area contributed by atoms with Crippen LogP contribution < -0.4 is 0 Å². The molecular formula is C20H24F6O3. The fraction of sp³-hybridized carbons (Fsp3) is 0.550. The number of hydrogen-bond acceptors (Lipinski definition) is 3. The summed E-state index contributed by atoms with van der Waals surface area (Å²) in [6, 6.07) is 1.44. The first kappa shape index (κ1) is 25.0. The Labute approximate surface area is 165 Å². The maximum absolute atomic E-state index is 12.8. The Morgan fingerprint density at radius 1 is 0.931 bits per heavy atom. The molecule has 0 aliphatic carbocycles. The van der Waals surface area contributed by atoms with Gasteiger partial charge >= 0.3 is 18.3 Å². The first-order chi connectivity index (χ1) is 13.5. The van der Waals surface area contributed by atoms with E-state index in [2.05, 4.69) is 0 Å². The topological polar surface area (TPSA) is 35.5 Å². The molecule has 0 atom stereocenters. The molecule has 0 spiro atoms. The van der Waals surface area contributed by atoms with Crippen LogP contribution in [-0.4, -0.2) is 19.2 Å². The molecule has 0 saturated carbocycles. The van der Waals surface area contributed by atoms with Gasteiger partial charge in [-0.05, 0) is 49.9 Å². The second kappa shape index (κ2) is 11.8.